The van der Waals surface area contributed by atoms with Gasteiger partial charge in [0, 0.05) is 30.7 Å². The van der Waals surface area contributed by atoms with Crippen molar-refractivity contribution in [2.24, 2.45) is 7.05 Å². The van der Waals surface area contributed by atoms with E-state index >= 15 is 0 Å². The third-order valence-corrected chi connectivity index (χ3v) is 6.29. The fourth-order valence-electron chi connectivity index (χ4n) is 4.22. The molecule has 0 saturated heterocycles. The van der Waals surface area contributed by atoms with Gasteiger partial charge in [-0.2, -0.15) is 0 Å². The van der Waals surface area contributed by atoms with Crippen LogP contribution in [-0.4, -0.2) is 22.3 Å². The maximum absolute atomic E-state index is 13.3. The lowest BCUT2D eigenvalue weighted by molar-refractivity contribution is 0.0572. The Morgan fingerprint density at radius 3 is 2.68 bits per heavy atom. The predicted octanol–water partition coefficient (Wildman–Crippen LogP) is 5.43. The molecular weight excluding hydrogens is 433 g/mol. The average Bonchev–Trinajstić information content (AvgIpc) is 3.09. The fourth-order valence-corrected chi connectivity index (χ4v) is 4.72. The third-order valence-electron chi connectivity index (χ3n) is 5.74. The zero-order valence-electron chi connectivity index (χ0n) is 17.8. The second kappa shape index (κ2) is 9.03. The molecular formula is C24H25Cl2N3O2. The topological polar surface area (TPSA) is 56.1 Å². The Balaban J connectivity index is 1.79. The lowest BCUT2D eigenvalue weighted by Gasteiger charge is -2.25. The largest absolute Gasteiger partial charge is 0.376 e. The minimum atomic E-state index is -0.219. The first-order chi connectivity index (χ1) is 14.9. The Morgan fingerprint density at radius 1 is 1.19 bits per heavy atom. The molecule has 1 heterocycles. The number of hydrogen-bond acceptors (Lipinski definition) is 4. The highest BCUT2D eigenvalue weighted by Gasteiger charge is 2.34. The Morgan fingerprint density at radius 2 is 1.97 bits per heavy atom. The van der Waals surface area contributed by atoms with Gasteiger partial charge >= 0.3 is 0 Å². The van der Waals surface area contributed by atoms with Crippen molar-refractivity contribution in [3.63, 3.8) is 0 Å². The van der Waals surface area contributed by atoms with E-state index in [0.717, 1.165) is 12.1 Å². The molecule has 0 spiro atoms. The van der Waals surface area contributed by atoms with E-state index in [1.54, 1.807) is 29.8 Å². The SMILES string of the molecule is CCO[C@@H]1Cc2ccccc2[C@H]1Nc1c(CC)nc(-c2ccc(Cl)cc2Cl)c(=O)n1C. The molecule has 2 aromatic carbocycles. The van der Waals surface area contributed by atoms with Crippen molar-refractivity contribution in [3.8, 4) is 11.3 Å². The highest BCUT2D eigenvalue weighted by Crippen LogP contribution is 2.37. The molecule has 0 unspecified atom stereocenters. The van der Waals surface area contributed by atoms with Crippen molar-refractivity contribution in [2.75, 3.05) is 11.9 Å². The number of ether oxygens (including phenoxy) is 1. The van der Waals surface area contributed by atoms with Crippen LogP contribution in [0, 0.1) is 0 Å². The van der Waals surface area contributed by atoms with E-state index in [0.29, 0.717) is 40.1 Å². The molecule has 7 heteroatoms. The summed E-state index contributed by atoms with van der Waals surface area (Å²) in [5.74, 6) is 0.702. The number of halogens is 2. The summed E-state index contributed by atoms with van der Waals surface area (Å²) in [4.78, 5) is 18.0. The van der Waals surface area contributed by atoms with Crippen LogP contribution in [0.1, 0.15) is 36.7 Å². The highest BCUT2D eigenvalue weighted by atomic mass is 35.5. The van der Waals surface area contributed by atoms with E-state index in [4.69, 9.17) is 32.9 Å². The molecule has 0 fully saturated rings. The van der Waals surface area contributed by atoms with Gasteiger partial charge in [0.2, 0.25) is 0 Å². The number of aryl methyl sites for hydroxylation is 1. The van der Waals surface area contributed by atoms with Crippen LogP contribution in [0.2, 0.25) is 10.0 Å². The second-order valence-electron chi connectivity index (χ2n) is 7.62. The summed E-state index contributed by atoms with van der Waals surface area (Å²) in [6.45, 7) is 4.65. The van der Waals surface area contributed by atoms with Gasteiger partial charge in [-0.05, 0) is 42.7 Å². The minimum absolute atomic E-state index is 0.00686. The summed E-state index contributed by atoms with van der Waals surface area (Å²) in [5.41, 5.74) is 3.93. The number of anilines is 1. The molecule has 0 aliphatic heterocycles. The molecule has 0 amide bonds. The first-order valence-corrected chi connectivity index (χ1v) is 11.2. The molecule has 0 saturated carbocycles. The number of rotatable bonds is 6. The van der Waals surface area contributed by atoms with Gasteiger partial charge in [-0.25, -0.2) is 4.98 Å². The van der Waals surface area contributed by atoms with Crippen molar-refractivity contribution in [3.05, 3.63) is 79.7 Å². The Kier molecular flexibility index (Phi) is 6.37. The van der Waals surface area contributed by atoms with Gasteiger partial charge in [-0.1, -0.05) is 54.4 Å². The quantitative estimate of drug-likeness (QED) is 0.535. The van der Waals surface area contributed by atoms with Gasteiger partial charge in [-0.15, -0.1) is 0 Å². The van der Waals surface area contributed by atoms with Gasteiger partial charge in [0.15, 0.2) is 0 Å². The van der Waals surface area contributed by atoms with E-state index in [9.17, 15) is 4.79 Å². The number of fused-ring (bicyclic) bond motifs is 1. The normalized spacial score (nSPS) is 17.6. The molecule has 0 radical (unpaired) electrons. The number of benzene rings is 2. The van der Waals surface area contributed by atoms with Crippen LogP contribution in [0.4, 0.5) is 5.82 Å². The van der Waals surface area contributed by atoms with Crippen molar-refractivity contribution >= 4 is 29.0 Å². The summed E-state index contributed by atoms with van der Waals surface area (Å²) in [7, 11) is 1.76. The molecule has 31 heavy (non-hydrogen) atoms. The van der Waals surface area contributed by atoms with Crippen LogP contribution in [-0.2, 0) is 24.6 Å². The number of nitrogens with one attached hydrogen (secondary N) is 1. The van der Waals surface area contributed by atoms with Crippen LogP contribution in [0.5, 0.6) is 0 Å². The minimum Gasteiger partial charge on any atom is -0.376 e. The smallest absolute Gasteiger partial charge is 0.278 e. The van der Waals surface area contributed by atoms with E-state index in [1.807, 2.05) is 26.0 Å². The molecule has 1 aliphatic carbocycles. The van der Waals surface area contributed by atoms with Crippen LogP contribution in [0.25, 0.3) is 11.3 Å². The molecule has 3 aromatic rings. The summed E-state index contributed by atoms with van der Waals surface area (Å²) >= 11 is 12.4. The lowest BCUT2D eigenvalue weighted by atomic mass is 10.1. The van der Waals surface area contributed by atoms with Crippen molar-refractivity contribution < 1.29 is 4.74 Å². The van der Waals surface area contributed by atoms with Crippen molar-refractivity contribution in [1.29, 1.82) is 0 Å². The maximum Gasteiger partial charge on any atom is 0.278 e. The molecule has 0 bridgehead atoms. The molecule has 1 aromatic heterocycles. The first-order valence-electron chi connectivity index (χ1n) is 10.5. The third kappa shape index (κ3) is 4.10. The maximum atomic E-state index is 13.3. The van der Waals surface area contributed by atoms with E-state index in [2.05, 4.69) is 17.4 Å². The van der Waals surface area contributed by atoms with Gasteiger partial charge in [0.25, 0.3) is 5.56 Å². The molecule has 4 rings (SSSR count). The molecule has 162 valence electrons. The van der Waals surface area contributed by atoms with E-state index in [1.165, 1.54) is 11.1 Å². The van der Waals surface area contributed by atoms with Crippen LogP contribution in [0.3, 0.4) is 0 Å². The summed E-state index contributed by atoms with van der Waals surface area (Å²) in [6.07, 6.45) is 1.48. The Hall–Kier alpha value is -2.34. The lowest BCUT2D eigenvalue weighted by Crippen LogP contribution is -2.31. The standard InChI is InChI=1S/C24H25Cl2N3O2/c1-4-19-23(28-21-16-9-7-6-8-14(16)12-20(21)31-5-2)29(3)24(30)22(27-19)17-11-10-15(25)13-18(17)26/h6-11,13,20-21,28H,4-5,12H2,1-3H3/t20-,21-/m1/s1. The molecule has 5 nitrogen and oxygen atoms in total. The molecule has 1 N–H and O–H groups in total. The monoisotopic (exact) mass is 457 g/mol. The van der Waals surface area contributed by atoms with Crippen LogP contribution in [0.15, 0.2) is 47.3 Å². The fraction of sp³-hybridized carbons (Fsp3) is 0.333. The van der Waals surface area contributed by atoms with Crippen molar-refractivity contribution in [1.82, 2.24) is 9.55 Å². The molecule has 1 aliphatic rings. The Bertz CT molecular complexity index is 1180. The molecule has 2 atom stereocenters. The zero-order chi connectivity index (χ0) is 22.1. The number of nitrogens with zero attached hydrogens (tertiary/aromatic N) is 2. The van der Waals surface area contributed by atoms with Gasteiger partial charge in [0.1, 0.15) is 11.5 Å². The summed E-state index contributed by atoms with van der Waals surface area (Å²) in [5, 5.41) is 4.50. The van der Waals surface area contributed by atoms with E-state index in [-0.39, 0.29) is 17.7 Å². The van der Waals surface area contributed by atoms with Gasteiger partial charge in [0.05, 0.1) is 22.9 Å². The van der Waals surface area contributed by atoms with Gasteiger partial charge in [-0.3, -0.25) is 9.36 Å². The van der Waals surface area contributed by atoms with Crippen LogP contribution < -0.4 is 10.9 Å². The number of aromatic nitrogens is 2. The van der Waals surface area contributed by atoms with Gasteiger partial charge < -0.3 is 10.1 Å². The average molecular weight is 458 g/mol. The van der Waals surface area contributed by atoms with E-state index < -0.39 is 0 Å². The zero-order valence-corrected chi connectivity index (χ0v) is 19.3. The summed E-state index contributed by atoms with van der Waals surface area (Å²) < 4.78 is 7.65. The highest BCUT2D eigenvalue weighted by molar-refractivity contribution is 6.36. The second-order valence-corrected chi connectivity index (χ2v) is 8.46. The Labute approximate surface area is 192 Å². The predicted molar refractivity (Wildman–Crippen MR) is 126 cm³/mol. The number of hydrogen-bond donors (Lipinski definition) is 1. The first kappa shape index (κ1) is 21.9. The summed E-state index contributed by atoms with van der Waals surface area (Å²) in [6, 6.07) is 13.3. The van der Waals surface area contributed by atoms with Crippen LogP contribution >= 0.6 is 23.2 Å². The van der Waals surface area contributed by atoms with Crippen molar-refractivity contribution in [2.45, 2.75) is 38.8 Å².